The third kappa shape index (κ3) is 18.5. The molecule has 1 saturated heterocycles. The Morgan fingerprint density at radius 1 is 0.886 bits per heavy atom. The Hall–Kier alpha value is -0.597. The molecule has 10 heteroatoms. The minimum atomic E-state index is -0.709. The van der Waals surface area contributed by atoms with Crippen LogP contribution in [0.3, 0.4) is 0 Å². The van der Waals surface area contributed by atoms with E-state index in [0.29, 0.717) is 13.0 Å². The molecule has 262 valence electrons. The van der Waals surface area contributed by atoms with Crippen LogP contribution in [0.25, 0.3) is 0 Å². The minimum absolute atomic E-state index is 0. The molecular weight excluding hydrogens is 729 g/mol. The number of nitrogens with one attached hydrogen (secondary N) is 1. The van der Waals surface area contributed by atoms with E-state index in [0.717, 1.165) is 19.4 Å². The van der Waals surface area contributed by atoms with Gasteiger partial charge in [-0.1, -0.05) is 96.4 Å². The van der Waals surface area contributed by atoms with E-state index < -0.39 is 35.0 Å². The van der Waals surface area contributed by atoms with E-state index in [1.807, 2.05) is 69.2 Å². The van der Waals surface area contributed by atoms with Crippen molar-refractivity contribution in [2.24, 2.45) is 16.2 Å². The average Bonchev–Trinajstić information content (AvgIpc) is 3.25. The topological polar surface area (TPSA) is 92.3 Å². The first kappa shape index (κ1) is 50.3. The van der Waals surface area contributed by atoms with E-state index in [-0.39, 0.29) is 57.1 Å². The van der Waals surface area contributed by atoms with Crippen LogP contribution in [0.2, 0.25) is 0 Å². The van der Waals surface area contributed by atoms with Gasteiger partial charge < -0.3 is 33.8 Å². The predicted octanol–water partition coefficient (Wildman–Crippen LogP) is 7.26. The van der Waals surface area contributed by atoms with Crippen LogP contribution in [0.15, 0.2) is 0 Å². The molecule has 8 nitrogen and oxygen atoms in total. The molecular formula is C34H69BNO7W-. The SMILES string of the molecule is CC.CC.CC.[B]C1OC(COC)C(OC)C1OC(C)(C)C(C)(C)CNC(=O)[CH-]OC(=O)CCC(C)(C)CC(C)(C)CC.[W]. The fraction of sp³-hybridized carbons (Fsp3) is 0.912. The Bertz CT molecular complexity index is 747. The zero-order valence-corrected chi connectivity index (χ0v) is 34.4. The number of rotatable bonds is 16. The van der Waals surface area contributed by atoms with Crippen molar-refractivity contribution in [3.05, 3.63) is 6.61 Å². The standard InChI is InChI=1S/C28H51BNO7.3C2H6.W/c1-12-25(2,3)17-26(4,5)14-13-21(32)35-16-20(31)30-18-27(6,7)28(8,9)37-23-22(34-11)19(15-33-10)36-24(23)29;3*1-2;/h16,19,22-24H,12-15,17-18H2,1-11H3,(H,30,31);3*1-2H3;/q-1;;;;. The summed E-state index contributed by atoms with van der Waals surface area (Å²) in [7, 11) is 9.37. The van der Waals surface area contributed by atoms with Crippen molar-refractivity contribution < 1.29 is 54.3 Å². The molecule has 4 unspecified atom stereocenters. The van der Waals surface area contributed by atoms with Crippen LogP contribution in [0.4, 0.5) is 0 Å². The molecule has 1 amide bonds. The number of ether oxygens (including phenoxy) is 5. The summed E-state index contributed by atoms with van der Waals surface area (Å²) in [4.78, 5) is 24.6. The first-order chi connectivity index (χ1) is 19.9. The Kier molecular flexibility index (Phi) is 28.1. The Morgan fingerprint density at radius 2 is 1.41 bits per heavy atom. The van der Waals surface area contributed by atoms with E-state index >= 15 is 0 Å². The van der Waals surface area contributed by atoms with E-state index in [4.69, 9.17) is 31.5 Å². The molecule has 0 aliphatic carbocycles. The molecule has 1 fully saturated rings. The van der Waals surface area contributed by atoms with Crippen LogP contribution in [0.5, 0.6) is 0 Å². The monoisotopic (exact) mass is 798 g/mol. The minimum Gasteiger partial charge on any atom is -0.609 e. The summed E-state index contributed by atoms with van der Waals surface area (Å²) in [6, 6.07) is -0.666. The van der Waals surface area contributed by atoms with Crippen LogP contribution >= 0.6 is 0 Å². The maximum atomic E-state index is 12.4. The molecule has 0 aromatic carbocycles. The van der Waals surface area contributed by atoms with Gasteiger partial charge in [-0.25, -0.2) is 0 Å². The van der Waals surface area contributed by atoms with Crippen molar-refractivity contribution in [1.82, 2.24) is 5.32 Å². The average molecular weight is 799 g/mol. The fourth-order valence-corrected chi connectivity index (χ4v) is 4.66. The summed E-state index contributed by atoms with van der Waals surface area (Å²) in [5.74, 6) is -0.883. The van der Waals surface area contributed by atoms with Crippen molar-refractivity contribution in [3.63, 3.8) is 0 Å². The van der Waals surface area contributed by atoms with Crippen LogP contribution < -0.4 is 5.32 Å². The number of hydrogen-bond acceptors (Lipinski definition) is 7. The maximum Gasteiger partial charge on any atom is 0.278 e. The van der Waals surface area contributed by atoms with Crippen molar-refractivity contribution in [2.45, 2.75) is 159 Å². The van der Waals surface area contributed by atoms with Crippen molar-refractivity contribution in [3.8, 4) is 0 Å². The van der Waals surface area contributed by atoms with Crippen LogP contribution in [0.1, 0.15) is 130 Å². The molecule has 1 heterocycles. The summed E-state index contributed by atoms with van der Waals surface area (Å²) in [5, 5.41) is 2.82. The zero-order chi connectivity index (χ0) is 34.7. The van der Waals surface area contributed by atoms with E-state index in [2.05, 4.69) is 39.9 Å². The number of carbonyl (C=O) groups is 2. The molecule has 1 aliphatic heterocycles. The molecule has 0 spiro atoms. The Morgan fingerprint density at radius 3 is 1.86 bits per heavy atom. The number of amides is 1. The molecule has 0 saturated carbocycles. The van der Waals surface area contributed by atoms with Crippen molar-refractivity contribution in [1.29, 1.82) is 0 Å². The van der Waals surface area contributed by atoms with Gasteiger partial charge in [0.05, 0.1) is 12.2 Å². The van der Waals surface area contributed by atoms with Gasteiger partial charge in [-0.2, -0.15) is 0 Å². The summed E-state index contributed by atoms with van der Waals surface area (Å²) >= 11 is 0. The molecule has 1 N–H and O–H groups in total. The van der Waals surface area contributed by atoms with Gasteiger partial charge in [0.1, 0.15) is 32.1 Å². The summed E-state index contributed by atoms with van der Waals surface area (Å²) < 4.78 is 28.1. The van der Waals surface area contributed by atoms with Gasteiger partial charge in [0, 0.05) is 59.7 Å². The molecule has 1 rings (SSSR count). The summed E-state index contributed by atoms with van der Waals surface area (Å²) in [6.07, 6.45) is 1.83. The van der Waals surface area contributed by atoms with Gasteiger partial charge in [0.15, 0.2) is 0 Å². The van der Waals surface area contributed by atoms with Gasteiger partial charge in [0.2, 0.25) is 0 Å². The van der Waals surface area contributed by atoms with E-state index in [1.54, 1.807) is 14.2 Å². The molecule has 0 bridgehead atoms. The first-order valence-corrected chi connectivity index (χ1v) is 16.3. The molecule has 2 radical (unpaired) electrons. The molecule has 44 heavy (non-hydrogen) atoms. The summed E-state index contributed by atoms with van der Waals surface area (Å²) in [6.45, 7) is 32.4. The largest absolute Gasteiger partial charge is 0.609 e. The second-order valence-corrected chi connectivity index (χ2v) is 13.0. The Labute approximate surface area is 288 Å². The molecule has 0 aromatic heterocycles. The van der Waals surface area contributed by atoms with Crippen LogP contribution in [0, 0.1) is 22.9 Å². The fourth-order valence-electron chi connectivity index (χ4n) is 4.66. The van der Waals surface area contributed by atoms with E-state index in [1.165, 1.54) is 0 Å². The molecule has 1 aliphatic rings. The second-order valence-electron chi connectivity index (χ2n) is 13.0. The first-order valence-electron chi connectivity index (χ1n) is 16.3. The zero-order valence-electron chi connectivity index (χ0n) is 31.5. The van der Waals surface area contributed by atoms with Crippen molar-refractivity contribution >= 4 is 19.7 Å². The van der Waals surface area contributed by atoms with Crippen molar-refractivity contribution in [2.75, 3.05) is 27.4 Å². The van der Waals surface area contributed by atoms with Gasteiger partial charge >= 0.3 is 0 Å². The smallest absolute Gasteiger partial charge is 0.278 e. The quantitative estimate of drug-likeness (QED) is 0.1000. The number of esters is 1. The number of methoxy groups -OCH3 is 2. The predicted molar refractivity (Wildman–Crippen MR) is 179 cm³/mol. The van der Waals surface area contributed by atoms with Gasteiger partial charge in [0.25, 0.3) is 5.97 Å². The number of carbonyl (C=O) groups excluding carboxylic acids is 2. The van der Waals surface area contributed by atoms with Gasteiger partial charge in [-0.3, -0.25) is 4.79 Å². The summed E-state index contributed by atoms with van der Waals surface area (Å²) in [5.41, 5.74) is -0.989. The normalized spacial score (nSPS) is 19.8. The van der Waals surface area contributed by atoms with Gasteiger partial charge in [-0.15, -0.1) is 6.61 Å². The third-order valence-electron chi connectivity index (χ3n) is 7.93. The molecule has 4 atom stereocenters. The van der Waals surface area contributed by atoms with Crippen LogP contribution in [-0.2, 0) is 54.3 Å². The third-order valence-corrected chi connectivity index (χ3v) is 7.93. The van der Waals surface area contributed by atoms with E-state index in [9.17, 15) is 9.59 Å². The molecule has 0 aromatic rings. The van der Waals surface area contributed by atoms with Gasteiger partial charge in [-0.05, 0) is 37.5 Å². The maximum absolute atomic E-state index is 12.4. The second kappa shape index (κ2) is 24.6. The number of hydrogen-bond donors (Lipinski definition) is 1. The van der Waals surface area contributed by atoms with Crippen LogP contribution in [-0.4, -0.2) is 77.0 Å². The Balaban J connectivity index is -0.00000107.